The quantitative estimate of drug-likeness (QED) is 0.0341. The molecule has 0 bridgehead atoms. The first-order chi connectivity index (χ1) is 27.7. The molecule has 0 saturated heterocycles. The van der Waals surface area contributed by atoms with Crippen LogP contribution in [0, 0.1) is 5.92 Å². The minimum absolute atomic E-state index is 0.0484. The molecular weight excluding hydrogens is 756 g/mol. The van der Waals surface area contributed by atoms with Gasteiger partial charge in [-0.25, -0.2) is 9.59 Å². The van der Waals surface area contributed by atoms with Crippen LogP contribution in [0.2, 0.25) is 0 Å². The van der Waals surface area contributed by atoms with E-state index >= 15 is 0 Å². The molecule has 0 radical (unpaired) electrons. The zero-order valence-corrected chi connectivity index (χ0v) is 33.5. The third-order valence-corrected chi connectivity index (χ3v) is 9.19. The van der Waals surface area contributed by atoms with Gasteiger partial charge in [0.2, 0.25) is 12.3 Å². The van der Waals surface area contributed by atoms with Crippen molar-refractivity contribution < 1.29 is 62.5 Å². The second-order valence-electron chi connectivity index (χ2n) is 13.5. The van der Waals surface area contributed by atoms with E-state index in [0.29, 0.717) is 36.1 Å². The lowest BCUT2D eigenvalue weighted by atomic mass is 9.90. The van der Waals surface area contributed by atoms with Gasteiger partial charge in [0, 0.05) is 5.56 Å². The molecule has 3 rings (SSSR count). The molecule has 3 unspecified atom stereocenters. The first kappa shape index (κ1) is 46.0. The number of hydrogen-bond acceptors (Lipinski definition) is 11. The van der Waals surface area contributed by atoms with E-state index in [1.165, 1.54) is 37.4 Å². The summed E-state index contributed by atoms with van der Waals surface area (Å²) in [5, 5.41) is 26.7. The van der Waals surface area contributed by atoms with E-state index in [9.17, 15) is 38.7 Å². The first-order valence-electron chi connectivity index (χ1n) is 19.0. The molecule has 314 valence electrons. The number of furan rings is 1. The van der Waals surface area contributed by atoms with E-state index in [0.717, 1.165) is 17.9 Å². The number of hydroxylamine groups is 2. The number of nitrogens with one attached hydrogen (secondary N) is 3. The van der Waals surface area contributed by atoms with Crippen LogP contribution in [-0.4, -0.2) is 89.8 Å². The van der Waals surface area contributed by atoms with Gasteiger partial charge >= 0.3 is 17.9 Å². The van der Waals surface area contributed by atoms with Crippen molar-refractivity contribution in [3.63, 3.8) is 0 Å². The molecule has 17 heteroatoms. The van der Waals surface area contributed by atoms with E-state index < -0.39 is 60.1 Å². The molecular formula is C41H52N4O13. The Morgan fingerprint density at radius 3 is 2.22 bits per heavy atom. The molecule has 0 aliphatic carbocycles. The maximum absolute atomic E-state index is 13.7. The van der Waals surface area contributed by atoms with Gasteiger partial charge in [0.15, 0.2) is 5.76 Å². The number of benzene rings is 2. The number of unbranched alkanes of at least 4 members (excludes halogenated alkanes) is 2. The lowest BCUT2D eigenvalue weighted by Crippen LogP contribution is -2.49. The summed E-state index contributed by atoms with van der Waals surface area (Å²) in [6, 6.07) is 9.63. The Hall–Kier alpha value is -6.39. The molecule has 3 aromatic rings. The molecule has 0 aliphatic rings. The normalized spacial score (nSPS) is 12.4. The van der Waals surface area contributed by atoms with E-state index in [2.05, 4.69) is 16.0 Å². The van der Waals surface area contributed by atoms with E-state index in [1.54, 1.807) is 32.0 Å². The number of carboxylic acid groups (broad SMARTS) is 2. The number of nitrogens with zero attached hydrogens (tertiary/aromatic N) is 1. The van der Waals surface area contributed by atoms with Crippen LogP contribution in [0.1, 0.15) is 116 Å². The van der Waals surface area contributed by atoms with Crippen LogP contribution in [0.3, 0.4) is 0 Å². The van der Waals surface area contributed by atoms with Crippen LogP contribution in [0.5, 0.6) is 11.5 Å². The number of methoxy groups -OCH3 is 1. The molecule has 3 atom stereocenters. The average molecular weight is 809 g/mol. The Labute approximate surface area is 336 Å². The number of ether oxygens (including phenoxy) is 2. The number of amides is 4. The third-order valence-electron chi connectivity index (χ3n) is 9.19. The fourth-order valence-electron chi connectivity index (χ4n) is 6.19. The zero-order valence-electron chi connectivity index (χ0n) is 33.5. The number of hydrogen-bond donors (Lipinski definition) is 5. The summed E-state index contributed by atoms with van der Waals surface area (Å²) >= 11 is 0. The van der Waals surface area contributed by atoms with Crippen LogP contribution in [0.15, 0.2) is 52.9 Å². The Bertz CT molecular complexity index is 1920. The minimum atomic E-state index is -1.67. The van der Waals surface area contributed by atoms with Crippen molar-refractivity contribution in [3.8, 4) is 22.8 Å². The average Bonchev–Trinajstić information content (AvgIpc) is 3.70. The van der Waals surface area contributed by atoms with Crippen molar-refractivity contribution in [2.24, 2.45) is 5.92 Å². The van der Waals surface area contributed by atoms with Crippen LogP contribution < -0.4 is 25.4 Å². The number of aliphatic carboxylic acids is 2. The van der Waals surface area contributed by atoms with Gasteiger partial charge in [-0.15, -0.1) is 0 Å². The Morgan fingerprint density at radius 1 is 0.897 bits per heavy atom. The summed E-state index contributed by atoms with van der Waals surface area (Å²) in [5.74, 6) is -5.79. The van der Waals surface area contributed by atoms with Crippen molar-refractivity contribution in [1.82, 2.24) is 21.0 Å². The van der Waals surface area contributed by atoms with Crippen LogP contribution in [-0.2, 0) is 24.0 Å². The second-order valence-corrected chi connectivity index (χ2v) is 13.5. The number of carboxylic acids is 2. The molecule has 1 heterocycles. The standard InChI is InChI=1S/C41H52N4O13/c1-7-10-11-12-28(32(8-2)45(23-46)58-41(54)27-16-14-26(55-6)20-30(27)24(4)5)37(49)42-22-43-39(51)34-18-17-33(57-34)25-13-15-29(35(19-25)56-9-3)38(50)44-31(40(52)53)21-36(47)48/h13-20,23-24,28,31-32H,7-12,21-22H2,1-6H3,(H,42,49)(H,43,51)(H,44,50)(H,47,48)(H,52,53). The topological polar surface area (TPSA) is 240 Å². The van der Waals surface area contributed by atoms with Crippen LogP contribution in [0.25, 0.3) is 11.3 Å². The number of carbonyl (C=O) groups excluding carboxylic acids is 5. The van der Waals surface area contributed by atoms with Gasteiger partial charge in [-0.3, -0.25) is 24.0 Å². The van der Waals surface area contributed by atoms with Gasteiger partial charge in [0.1, 0.15) is 23.3 Å². The largest absolute Gasteiger partial charge is 0.497 e. The van der Waals surface area contributed by atoms with E-state index in [-0.39, 0.29) is 54.0 Å². The SMILES string of the molecule is CCCCCC(C(=O)NCNC(=O)c1ccc(-c2ccc(C(=O)NC(CC(=O)O)C(=O)O)c(OCC)c2)o1)C(CC)N(C=O)OC(=O)c1ccc(OC)cc1C(C)C. The summed E-state index contributed by atoms with van der Waals surface area (Å²) in [4.78, 5) is 93.5. The summed E-state index contributed by atoms with van der Waals surface area (Å²) in [6.07, 6.45) is 2.57. The van der Waals surface area contributed by atoms with Gasteiger partial charge in [-0.1, -0.05) is 53.0 Å². The fraction of sp³-hybridized carbons (Fsp3) is 0.439. The maximum Gasteiger partial charge on any atom is 0.363 e. The third kappa shape index (κ3) is 12.6. The first-order valence-corrected chi connectivity index (χ1v) is 19.0. The highest BCUT2D eigenvalue weighted by Gasteiger charge is 2.34. The lowest BCUT2D eigenvalue weighted by Gasteiger charge is -2.32. The van der Waals surface area contributed by atoms with Crippen molar-refractivity contribution in [3.05, 3.63) is 71.0 Å². The molecule has 5 N–H and O–H groups in total. The van der Waals surface area contributed by atoms with E-state index in [1.807, 2.05) is 20.8 Å². The molecule has 4 amide bonds. The van der Waals surface area contributed by atoms with Gasteiger partial charge in [0.25, 0.3) is 11.8 Å². The summed E-state index contributed by atoms with van der Waals surface area (Å²) in [5.41, 5.74) is 1.28. The molecule has 2 aromatic carbocycles. The lowest BCUT2D eigenvalue weighted by molar-refractivity contribution is -0.171. The molecule has 0 aliphatic heterocycles. The van der Waals surface area contributed by atoms with Gasteiger partial charge in [-0.2, -0.15) is 5.06 Å². The fourth-order valence-corrected chi connectivity index (χ4v) is 6.19. The highest BCUT2D eigenvalue weighted by Crippen LogP contribution is 2.30. The number of carbonyl (C=O) groups is 7. The van der Waals surface area contributed by atoms with Gasteiger partial charge < -0.3 is 44.9 Å². The summed E-state index contributed by atoms with van der Waals surface area (Å²) in [6.45, 7) is 9.12. The van der Waals surface area contributed by atoms with Crippen molar-refractivity contribution in [2.45, 2.75) is 91.1 Å². The highest BCUT2D eigenvalue weighted by molar-refractivity contribution is 6.00. The Morgan fingerprint density at radius 2 is 1.62 bits per heavy atom. The predicted octanol–water partition coefficient (Wildman–Crippen LogP) is 5.14. The molecule has 17 nitrogen and oxygen atoms in total. The predicted molar refractivity (Wildman–Crippen MR) is 209 cm³/mol. The van der Waals surface area contributed by atoms with Crippen LogP contribution >= 0.6 is 0 Å². The second kappa shape index (κ2) is 22.4. The Kier molecular flexibility index (Phi) is 17.7. The number of rotatable bonds is 24. The van der Waals surface area contributed by atoms with E-state index in [4.69, 9.17) is 23.8 Å². The maximum atomic E-state index is 13.7. The monoisotopic (exact) mass is 808 g/mol. The van der Waals surface area contributed by atoms with Crippen molar-refractivity contribution in [1.29, 1.82) is 0 Å². The van der Waals surface area contributed by atoms with Gasteiger partial charge in [-0.05, 0) is 73.7 Å². The van der Waals surface area contributed by atoms with Crippen molar-refractivity contribution >= 4 is 42.0 Å². The van der Waals surface area contributed by atoms with Crippen molar-refractivity contribution in [2.75, 3.05) is 20.4 Å². The van der Waals surface area contributed by atoms with Crippen LogP contribution in [0.4, 0.5) is 0 Å². The zero-order chi connectivity index (χ0) is 42.9. The molecule has 1 aromatic heterocycles. The summed E-state index contributed by atoms with van der Waals surface area (Å²) < 4.78 is 16.7. The molecule has 0 saturated carbocycles. The molecule has 0 spiro atoms. The highest BCUT2D eigenvalue weighted by atomic mass is 16.7. The summed E-state index contributed by atoms with van der Waals surface area (Å²) in [7, 11) is 1.52. The minimum Gasteiger partial charge on any atom is -0.497 e. The van der Waals surface area contributed by atoms with Gasteiger partial charge in [0.05, 0.1) is 49.9 Å². The Balaban J connectivity index is 1.72. The molecule has 0 fully saturated rings. The molecule has 58 heavy (non-hydrogen) atoms. The smallest absolute Gasteiger partial charge is 0.363 e.